The molecule has 2 bridgehead atoms. The molecule has 3 fully saturated rings. The molecule has 0 aromatic carbocycles. The number of likely N-dealkylation sites (tertiary alicyclic amines) is 1. The topological polar surface area (TPSA) is 87.2 Å². The van der Waals surface area contributed by atoms with Gasteiger partial charge in [-0.1, -0.05) is 47.8 Å². The molecule has 0 saturated carbocycles. The van der Waals surface area contributed by atoms with Crippen LogP contribution in [-0.4, -0.2) is 86.4 Å². The van der Waals surface area contributed by atoms with Gasteiger partial charge in [0.05, 0.1) is 23.2 Å². The second-order valence-corrected chi connectivity index (χ2v) is 12.7. The number of esters is 1. The number of halogens is 1. The van der Waals surface area contributed by atoms with E-state index >= 15 is 0 Å². The van der Waals surface area contributed by atoms with Gasteiger partial charge in [-0.2, -0.15) is 0 Å². The summed E-state index contributed by atoms with van der Waals surface area (Å²) in [5.41, 5.74) is 0. The third-order valence-corrected chi connectivity index (χ3v) is 10.8. The Balaban J connectivity index is 1.89. The predicted octanol–water partition coefficient (Wildman–Crippen LogP) is 3.94. The van der Waals surface area contributed by atoms with Crippen LogP contribution in [0.15, 0.2) is 25.3 Å². The number of aliphatic hydroxyl groups excluding tert-OH is 1. The van der Waals surface area contributed by atoms with Crippen LogP contribution < -0.4 is 0 Å². The van der Waals surface area contributed by atoms with Gasteiger partial charge in [0.1, 0.15) is 6.04 Å². The maximum atomic E-state index is 14.1. The number of hydrogen-bond donors (Lipinski definition) is 1. The zero-order valence-electron chi connectivity index (χ0n) is 21.4. The van der Waals surface area contributed by atoms with E-state index in [1.54, 1.807) is 22.7 Å². The molecule has 3 aliphatic heterocycles. The molecule has 1 spiro atoms. The van der Waals surface area contributed by atoms with E-state index in [9.17, 15) is 19.5 Å². The zero-order valence-corrected chi connectivity index (χ0v) is 23.8. The number of aliphatic hydroxyl groups is 1. The Morgan fingerprint density at radius 1 is 1.25 bits per heavy atom. The number of nitrogens with zero attached hydrogens (tertiary/aromatic N) is 2. The summed E-state index contributed by atoms with van der Waals surface area (Å²) < 4.78 is 4.98. The SMILES string of the molecule is C=CCCCCOC(=O)[C@H]1[C@@H]2SC3(CC2Br)C(C(=O)N(CC=C)CCCCC)N(CCCO)C(=O)[C@H]13. The molecule has 6 atom stereocenters. The highest BCUT2D eigenvalue weighted by molar-refractivity contribution is 9.09. The van der Waals surface area contributed by atoms with E-state index in [0.29, 0.717) is 39.1 Å². The van der Waals surface area contributed by atoms with E-state index in [4.69, 9.17) is 4.74 Å². The molecule has 0 radical (unpaired) electrons. The van der Waals surface area contributed by atoms with Crippen molar-refractivity contribution in [3.63, 3.8) is 0 Å². The third kappa shape index (κ3) is 5.73. The molecule has 9 heteroatoms. The highest BCUT2D eigenvalue weighted by Gasteiger charge is 2.76. The summed E-state index contributed by atoms with van der Waals surface area (Å²) in [5.74, 6) is -1.74. The lowest BCUT2D eigenvalue weighted by molar-refractivity contribution is -0.154. The Bertz CT molecular complexity index is 826. The summed E-state index contributed by atoms with van der Waals surface area (Å²) >= 11 is 5.40. The molecule has 36 heavy (non-hydrogen) atoms. The van der Waals surface area contributed by atoms with Crippen LogP contribution in [0.5, 0.6) is 0 Å². The maximum Gasteiger partial charge on any atom is 0.310 e. The first-order valence-corrected chi connectivity index (χ1v) is 15.1. The number of carbonyl (C=O) groups excluding carboxylic acids is 3. The van der Waals surface area contributed by atoms with Gasteiger partial charge in [0.15, 0.2) is 0 Å². The summed E-state index contributed by atoms with van der Waals surface area (Å²) in [5, 5.41) is 9.40. The molecule has 3 heterocycles. The second-order valence-electron chi connectivity index (χ2n) is 10.0. The maximum absolute atomic E-state index is 14.1. The minimum atomic E-state index is -0.681. The standard InChI is InChI=1S/C27H41BrN2O5S/c1-4-7-9-11-17-35-26(34)20-21-24(32)30(15-12-16-31)23(27(21)18-19(28)22(20)36-27)25(33)29(13-6-3)14-10-8-5-2/h4,6,19-23,31H,1,3,5,7-18H2,2H3/t19?,20-,21+,22-,23?,27?/m1/s1. The van der Waals surface area contributed by atoms with Gasteiger partial charge in [0.25, 0.3) is 0 Å². The van der Waals surface area contributed by atoms with Crippen LogP contribution in [0.2, 0.25) is 0 Å². The Hall–Kier alpha value is -1.32. The zero-order chi connectivity index (χ0) is 26.3. The summed E-state index contributed by atoms with van der Waals surface area (Å²) in [7, 11) is 0. The largest absolute Gasteiger partial charge is 0.465 e. The van der Waals surface area contributed by atoms with Crippen LogP contribution in [0.1, 0.15) is 58.3 Å². The van der Waals surface area contributed by atoms with Crippen molar-refractivity contribution in [1.82, 2.24) is 9.80 Å². The van der Waals surface area contributed by atoms with E-state index in [1.807, 2.05) is 11.0 Å². The van der Waals surface area contributed by atoms with Crippen molar-refractivity contribution < 1.29 is 24.2 Å². The lowest BCUT2D eigenvalue weighted by Crippen LogP contribution is -2.55. The number of unbranched alkanes of at least 4 members (excludes halogenated alkanes) is 4. The molecule has 1 N–H and O–H groups in total. The van der Waals surface area contributed by atoms with Crippen molar-refractivity contribution in [3.05, 3.63) is 25.3 Å². The van der Waals surface area contributed by atoms with Crippen LogP contribution in [0.25, 0.3) is 0 Å². The monoisotopic (exact) mass is 584 g/mol. The number of ether oxygens (including phenoxy) is 1. The number of carbonyl (C=O) groups is 3. The molecule has 7 nitrogen and oxygen atoms in total. The third-order valence-electron chi connectivity index (χ3n) is 7.59. The second kappa shape index (κ2) is 13.5. The first kappa shape index (κ1) is 29.2. The molecular formula is C27H41BrN2O5S. The molecular weight excluding hydrogens is 544 g/mol. The lowest BCUT2D eigenvalue weighted by Gasteiger charge is -2.37. The van der Waals surface area contributed by atoms with Gasteiger partial charge in [-0.05, 0) is 38.5 Å². The van der Waals surface area contributed by atoms with E-state index in [1.165, 1.54) is 0 Å². The van der Waals surface area contributed by atoms with E-state index in [-0.39, 0.29) is 34.5 Å². The molecule has 0 aromatic heterocycles. The van der Waals surface area contributed by atoms with Crippen molar-refractivity contribution >= 4 is 45.5 Å². The first-order valence-electron chi connectivity index (χ1n) is 13.3. The molecule has 202 valence electrons. The van der Waals surface area contributed by atoms with Gasteiger partial charge >= 0.3 is 5.97 Å². The van der Waals surface area contributed by atoms with Gasteiger partial charge in [-0.3, -0.25) is 14.4 Å². The Morgan fingerprint density at radius 2 is 2.03 bits per heavy atom. The summed E-state index contributed by atoms with van der Waals surface area (Å²) in [6, 6.07) is -0.663. The average Bonchev–Trinajstić information content (AvgIpc) is 3.45. The number of amides is 2. The van der Waals surface area contributed by atoms with Gasteiger partial charge in [-0.25, -0.2) is 0 Å². The minimum absolute atomic E-state index is 0.0194. The van der Waals surface area contributed by atoms with Crippen LogP contribution in [0, 0.1) is 11.8 Å². The van der Waals surface area contributed by atoms with E-state index in [2.05, 4.69) is 36.0 Å². The fourth-order valence-corrected chi connectivity index (χ4v) is 9.59. The number of alkyl halides is 1. The van der Waals surface area contributed by atoms with Gasteiger partial charge < -0.3 is 19.6 Å². The fourth-order valence-electron chi connectivity index (χ4n) is 5.99. The van der Waals surface area contributed by atoms with Crippen molar-refractivity contribution in [2.75, 3.05) is 32.8 Å². The Morgan fingerprint density at radius 3 is 2.69 bits per heavy atom. The molecule has 0 aromatic rings. The average molecular weight is 586 g/mol. The number of fused-ring (bicyclic) bond motifs is 1. The predicted molar refractivity (Wildman–Crippen MR) is 147 cm³/mol. The van der Waals surface area contributed by atoms with Crippen molar-refractivity contribution in [2.45, 2.75) is 79.2 Å². The molecule has 2 amide bonds. The van der Waals surface area contributed by atoms with Crippen molar-refractivity contribution in [3.8, 4) is 0 Å². The number of allylic oxidation sites excluding steroid dienone is 1. The summed E-state index contributed by atoms with van der Waals surface area (Å²) in [4.78, 5) is 44.8. The Kier molecular flexibility index (Phi) is 10.9. The quantitative estimate of drug-likeness (QED) is 0.128. The summed E-state index contributed by atoms with van der Waals surface area (Å²) in [6.07, 6.45) is 10.1. The van der Waals surface area contributed by atoms with Crippen LogP contribution >= 0.6 is 27.7 Å². The van der Waals surface area contributed by atoms with Gasteiger partial charge in [-0.15, -0.1) is 24.9 Å². The normalized spacial score (nSPS) is 30.4. The van der Waals surface area contributed by atoms with Gasteiger partial charge in [0.2, 0.25) is 11.8 Å². The van der Waals surface area contributed by atoms with E-state index in [0.717, 1.165) is 38.5 Å². The molecule has 0 aliphatic carbocycles. The molecule has 3 saturated heterocycles. The summed E-state index contributed by atoms with van der Waals surface area (Å²) in [6.45, 7) is 11.3. The molecule has 3 rings (SSSR count). The first-order chi connectivity index (χ1) is 17.4. The molecule has 3 unspecified atom stereocenters. The van der Waals surface area contributed by atoms with Crippen molar-refractivity contribution in [2.24, 2.45) is 11.8 Å². The smallest absolute Gasteiger partial charge is 0.310 e. The van der Waals surface area contributed by atoms with Gasteiger partial charge in [0, 0.05) is 36.3 Å². The van der Waals surface area contributed by atoms with Crippen LogP contribution in [0.4, 0.5) is 0 Å². The lowest BCUT2D eigenvalue weighted by atomic mass is 9.71. The van der Waals surface area contributed by atoms with Crippen LogP contribution in [0.3, 0.4) is 0 Å². The van der Waals surface area contributed by atoms with Crippen LogP contribution in [-0.2, 0) is 19.1 Å². The molecule has 3 aliphatic rings. The number of rotatable bonds is 16. The highest BCUT2D eigenvalue weighted by Crippen LogP contribution is 2.68. The fraction of sp³-hybridized carbons (Fsp3) is 0.741. The van der Waals surface area contributed by atoms with Crippen molar-refractivity contribution in [1.29, 1.82) is 0 Å². The Labute approximate surface area is 228 Å². The minimum Gasteiger partial charge on any atom is -0.465 e. The number of hydrogen-bond acceptors (Lipinski definition) is 6. The highest BCUT2D eigenvalue weighted by atomic mass is 79.9. The number of thioether (sulfide) groups is 1. The van der Waals surface area contributed by atoms with E-state index < -0.39 is 22.6 Å².